The molecule has 0 unspecified atom stereocenters. The molecular formula is C21H24ClN3O5. The molecule has 160 valence electrons. The molecule has 0 bridgehead atoms. The van der Waals surface area contributed by atoms with E-state index in [9.17, 15) is 19.5 Å². The number of primary amides is 1. The van der Waals surface area contributed by atoms with E-state index in [2.05, 4.69) is 10.6 Å². The zero-order valence-corrected chi connectivity index (χ0v) is 17.0. The smallest absolute Gasteiger partial charge is 0.407 e. The Kier molecular flexibility index (Phi) is 8.06. The third-order valence-electron chi connectivity index (χ3n) is 4.90. The Bertz CT molecular complexity index is 876. The molecule has 1 atom stereocenters. The van der Waals surface area contributed by atoms with Crippen LogP contribution in [0.5, 0.6) is 0 Å². The first-order valence-electron chi connectivity index (χ1n) is 9.35. The van der Waals surface area contributed by atoms with Crippen LogP contribution in [0.1, 0.15) is 29.9 Å². The third-order valence-corrected chi connectivity index (χ3v) is 4.90. The quantitative estimate of drug-likeness (QED) is 0.475. The normalized spacial score (nSPS) is 12.7. The van der Waals surface area contributed by atoms with Crippen LogP contribution in [-0.2, 0) is 9.53 Å². The molecule has 0 saturated heterocycles. The monoisotopic (exact) mass is 433 g/mol. The van der Waals surface area contributed by atoms with Gasteiger partial charge in [-0.1, -0.05) is 48.5 Å². The maximum absolute atomic E-state index is 12.2. The van der Waals surface area contributed by atoms with Crippen LogP contribution in [0.25, 0.3) is 11.1 Å². The van der Waals surface area contributed by atoms with Gasteiger partial charge >= 0.3 is 18.1 Å². The van der Waals surface area contributed by atoms with Crippen molar-refractivity contribution in [1.29, 1.82) is 0 Å². The minimum absolute atomic E-state index is 0. The molecule has 0 aromatic heterocycles. The van der Waals surface area contributed by atoms with Gasteiger partial charge in [0, 0.05) is 12.5 Å². The Morgan fingerprint density at radius 1 is 1.03 bits per heavy atom. The number of aliphatic carboxylic acids is 1. The number of nitrogens with one attached hydrogen (secondary N) is 2. The number of urea groups is 1. The third kappa shape index (κ3) is 5.42. The van der Waals surface area contributed by atoms with Gasteiger partial charge in [0.2, 0.25) is 0 Å². The van der Waals surface area contributed by atoms with Crippen molar-refractivity contribution >= 4 is 30.5 Å². The summed E-state index contributed by atoms with van der Waals surface area (Å²) < 4.78 is 5.36. The standard InChI is InChI=1S/C21H23N3O5.ClH/c22-20(27)23-11-5-10-18(19(25)26)24-21(28)29-12-17-15-8-3-1-6-13(15)14-7-2-4-9-16(14)17;/h1-4,6-9,17-18H,5,10-12H2,(H,24,28)(H,25,26)(H3,22,23,27);1H/t18-;/m1./s1. The van der Waals surface area contributed by atoms with E-state index in [0.717, 1.165) is 22.3 Å². The summed E-state index contributed by atoms with van der Waals surface area (Å²) in [5.74, 6) is -1.27. The van der Waals surface area contributed by atoms with Crippen molar-refractivity contribution in [1.82, 2.24) is 10.6 Å². The van der Waals surface area contributed by atoms with E-state index >= 15 is 0 Å². The van der Waals surface area contributed by atoms with Crippen molar-refractivity contribution < 1.29 is 24.2 Å². The molecule has 0 fully saturated rings. The number of nitrogens with two attached hydrogens (primary N) is 1. The Balaban J connectivity index is 0.00000320. The molecule has 0 radical (unpaired) electrons. The number of halogens is 1. The Morgan fingerprint density at radius 2 is 1.60 bits per heavy atom. The number of fused-ring (bicyclic) bond motifs is 3. The van der Waals surface area contributed by atoms with Crippen molar-refractivity contribution in [2.75, 3.05) is 13.2 Å². The van der Waals surface area contributed by atoms with E-state index in [-0.39, 0.29) is 37.9 Å². The molecule has 0 aliphatic heterocycles. The average Bonchev–Trinajstić information content (AvgIpc) is 3.02. The first-order valence-corrected chi connectivity index (χ1v) is 9.35. The number of ether oxygens (including phenoxy) is 1. The fourth-order valence-electron chi connectivity index (χ4n) is 3.56. The molecule has 0 heterocycles. The number of carbonyl (C=O) groups excluding carboxylic acids is 2. The summed E-state index contributed by atoms with van der Waals surface area (Å²) in [4.78, 5) is 34.2. The SMILES string of the molecule is Cl.NC(=O)NCCC[C@@H](NC(=O)OCC1c2ccccc2-c2ccccc21)C(=O)O. The van der Waals surface area contributed by atoms with Crippen LogP contribution < -0.4 is 16.4 Å². The van der Waals surface area contributed by atoms with E-state index < -0.39 is 24.1 Å². The second-order valence-electron chi connectivity index (χ2n) is 6.79. The van der Waals surface area contributed by atoms with Gasteiger partial charge in [0.15, 0.2) is 0 Å². The lowest BCUT2D eigenvalue weighted by Crippen LogP contribution is -2.42. The van der Waals surface area contributed by atoms with Gasteiger partial charge in [0.05, 0.1) is 0 Å². The lowest BCUT2D eigenvalue weighted by molar-refractivity contribution is -0.139. The van der Waals surface area contributed by atoms with Gasteiger partial charge < -0.3 is 26.2 Å². The first-order chi connectivity index (χ1) is 14.0. The van der Waals surface area contributed by atoms with E-state index in [1.807, 2.05) is 48.5 Å². The van der Waals surface area contributed by atoms with Crippen LogP contribution in [0.4, 0.5) is 9.59 Å². The molecule has 8 nitrogen and oxygen atoms in total. The minimum Gasteiger partial charge on any atom is -0.480 e. The molecule has 2 aromatic carbocycles. The number of carbonyl (C=O) groups is 3. The van der Waals surface area contributed by atoms with E-state index in [4.69, 9.17) is 10.5 Å². The molecule has 0 spiro atoms. The van der Waals surface area contributed by atoms with Gasteiger partial charge in [-0.05, 0) is 35.1 Å². The summed E-state index contributed by atoms with van der Waals surface area (Å²) in [6, 6.07) is 14.1. The molecular weight excluding hydrogens is 410 g/mol. The second-order valence-corrected chi connectivity index (χ2v) is 6.79. The molecule has 2 aromatic rings. The van der Waals surface area contributed by atoms with Gasteiger partial charge in [-0.15, -0.1) is 12.4 Å². The molecule has 1 aliphatic rings. The predicted octanol–water partition coefficient (Wildman–Crippen LogP) is 2.85. The fraction of sp³-hybridized carbons (Fsp3) is 0.286. The number of amides is 3. The lowest BCUT2D eigenvalue weighted by Gasteiger charge is -2.17. The van der Waals surface area contributed by atoms with E-state index in [1.54, 1.807) is 0 Å². The van der Waals surface area contributed by atoms with E-state index in [1.165, 1.54) is 0 Å². The number of rotatable bonds is 8. The molecule has 3 rings (SSSR count). The van der Waals surface area contributed by atoms with Gasteiger partial charge in [-0.25, -0.2) is 14.4 Å². The van der Waals surface area contributed by atoms with Crippen molar-refractivity contribution in [3.63, 3.8) is 0 Å². The highest BCUT2D eigenvalue weighted by molar-refractivity contribution is 5.85. The summed E-state index contributed by atoms with van der Waals surface area (Å²) in [5.41, 5.74) is 9.34. The molecule has 9 heteroatoms. The van der Waals surface area contributed by atoms with Crippen LogP contribution in [0.2, 0.25) is 0 Å². The maximum Gasteiger partial charge on any atom is 0.407 e. The minimum atomic E-state index is -1.17. The number of hydrogen-bond acceptors (Lipinski definition) is 4. The summed E-state index contributed by atoms with van der Waals surface area (Å²) in [5, 5.41) is 14.0. The molecule has 1 aliphatic carbocycles. The zero-order valence-electron chi connectivity index (χ0n) is 16.2. The summed E-state index contributed by atoms with van der Waals surface area (Å²) in [7, 11) is 0. The molecule has 5 N–H and O–H groups in total. The predicted molar refractivity (Wildman–Crippen MR) is 114 cm³/mol. The van der Waals surface area contributed by atoms with Crippen molar-refractivity contribution in [3.05, 3.63) is 59.7 Å². The second kappa shape index (κ2) is 10.5. The summed E-state index contributed by atoms with van der Waals surface area (Å²) in [6.45, 7) is 0.334. The Hall–Kier alpha value is -3.26. The Labute approximate surface area is 180 Å². The van der Waals surface area contributed by atoms with Crippen LogP contribution in [0, 0.1) is 0 Å². The summed E-state index contributed by atoms with van der Waals surface area (Å²) >= 11 is 0. The van der Waals surface area contributed by atoms with Gasteiger partial charge in [0.25, 0.3) is 0 Å². The van der Waals surface area contributed by atoms with Crippen LogP contribution in [0.3, 0.4) is 0 Å². The number of benzene rings is 2. The van der Waals surface area contributed by atoms with Crippen molar-refractivity contribution in [2.45, 2.75) is 24.8 Å². The van der Waals surface area contributed by atoms with Gasteiger partial charge in [-0.2, -0.15) is 0 Å². The van der Waals surface area contributed by atoms with Gasteiger partial charge in [-0.3, -0.25) is 0 Å². The average molecular weight is 434 g/mol. The molecule has 3 amide bonds. The fourth-order valence-corrected chi connectivity index (χ4v) is 3.56. The van der Waals surface area contributed by atoms with Crippen LogP contribution >= 0.6 is 12.4 Å². The molecule has 30 heavy (non-hydrogen) atoms. The first kappa shape index (κ1) is 23.0. The topological polar surface area (TPSA) is 131 Å². The summed E-state index contributed by atoms with van der Waals surface area (Å²) in [6.07, 6.45) is -0.300. The lowest BCUT2D eigenvalue weighted by atomic mass is 9.98. The number of hydrogen-bond donors (Lipinski definition) is 4. The largest absolute Gasteiger partial charge is 0.480 e. The zero-order chi connectivity index (χ0) is 20.8. The number of carboxylic acid groups (broad SMARTS) is 1. The highest BCUT2D eigenvalue weighted by atomic mass is 35.5. The van der Waals surface area contributed by atoms with Crippen molar-refractivity contribution in [2.24, 2.45) is 5.73 Å². The Morgan fingerprint density at radius 3 is 2.13 bits per heavy atom. The van der Waals surface area contributed by atoms with Crippen LogP contribution in [0.15, 0.2) is 48.5 Å². The number of alkyl carbamates (subject to hydrolysis) is 1. The highest BCUT2D eigenvalue weighted by Crippen LogP contribution is 2.44. The number of carboxylic acids is 1. The van der Waals surface area contributed by atoms with Crippen LogP contribution in [-0.4, -0.2) is 42.4 Å². The van der Waals surface area contributed by atoms with E-state index in [0.29, 0.717) is 6.42 Å². The molecule has 0 saturated carbocycles. The van der Waals surface area contributed by atoms with Gasteiger partial charge in [0.1, 0.15) is 12.6 Å². The van der Waals surface area contributed by atoms with Crippen molar-refractivity contribution in [3.8, 4) is 11.1 Å². The maximum atomic E-state index is 12.2. The highest BCUT2D eigenvalue weighted by Gasteiger charge is 2.29.